The van der Waals surface area contributed by atoms with E-state index in [4.69, 9.17) is 16.7 Å². The zero-order valence-electron chi connectivity index (χ0n) is 12.7. The summed E-state index contributed by atoms with van der Waals surface area (Å²) in [5.74, 6) is -0.211. The molecule has 0 spiro atoms. The molecule has 0 aliphatic carbocycles. The number of aliphatic hydroxyl groups is 1. The molecule has 8 heteroatoms. The van der Waals surface area contributed by atoms with Crippen LogP contribution in [0.25, 0.3) is 0 Å². The second-order valence-electron chi connectivity index (χ2n) is 5.60. The number of nitrogens with zero attached hydrogens (tertiary/aromatic N) is 2. The third kappa shape index (κ3) is 4.89. The molecule has 1 heterocycles. The third-order valence-electron chi connectivity index (χ3n) is 3.97. The maximum Gasteiger partial charge on any atom is 0.289 e. The monoisotopic (exact) mass is 341 g/mol. The molecule has 0 radical (unpaired) electrons. The molecule has 1 unspecified atom stereocenters. The molecule has 126 valence electrons. The number of hydrogen-bond donors (Lipinski definition) is 2. The molecule has 0 aromatic heterocycles. The number of nitrogens with one attached hydrogen (secondary N) is 1. The Morgan fingerprint density at radius 1 is 1.52 bits per heavy atom. The zero-order valence-corrected chi connectivity index (χ0v) is 13.5. The van der Waals surface area contributed by atoms with E-state index in [0.29, 0.717) is 11.7 Å². The number of amides is 1. The maximum atomic E-state index is 12.1. The normalized spacial score (nSPS) is 18.1. The minimum atomic E-state index is -0.580. The molecular formula is C15H20ClN3O4. The Morgan fingerprint density at radius 3 is 3.00 bits per heavy atom. The SMILES string of the molecule is O=C(CN1CCCC1CCCO)Nc1ccc(Cl)c([N+](=O)[O-])c1. The Morgan fingerprint density at radius 2 is 2.30 bits per heavy atom. The second kappa shape index (κ2) is 8.24. The Balaban J connectivity index is 1.94. The van der Waals surface area contributed by atoms with Crippen molar-refractivity contribution in [2.75, 3.05) is 25.0 Å². The smallest absolute Gasteiger partial charge is 0.289 e. The highest BCUT2D eigenvalue weighted by Crippen LogP contribution is 2.27. The standard InChI is InChI=1S/C15H20ClN3O4/c16-13-6-5-11(9-14(13)19(22)23)17-15(21)10-18-7-1-3-12(18)4-2-8-20/h5-6,9,12,20H,1-4,7-8,10H2,(H,17,21). The minimum absolute atomic E-state index is 0.0385. The summed E-state index contributed by atoms with van der Waals surface area (Å²) >= 11 is 5.75. The van der Waals surface area contributed by atoms with Crippen molar-refractivity contribution in [1.82, 2.24) is 4.90 Å². The number of carbonyl (C=O) groups excluding carboxylic acids is 1. The molecule has 1 aliphatic rings. The maximum absolute atomic E-state index is 12.1. The number of aliphatic hydroxyl groups excluding tert-OH is 1. The molecular weight excluding hydrogens is 322 g/mol. The summed E-state index contributed by atoms with van der Waals surface area (Å²) in [7, 11) is 0. The lowest BCUT2D eigenvalue weighted by Gasteiger charge is -2.23. The number of nitro groups is 1. The number of nitro benzene ring substituents is 1. The van der Waals surface area contributed by atoms with Gasteiger partial charge < -0.3 is 10.4 Å². The first kappa shape index (κ1) is 17.7. The number of anilines is 1. The fraction of sp³-hybridized carbons (Fsp3) is 0.533. The van der Waals surface area contributed by atoms with Gasteiger partial charge in [-0.1, -0.05) is 11.6 Å². The van der Waals surface area contributed by atoms with E-state index in [-0.39, 0.29) is 29.8 Å². The largest absolute Gasteiger partial charge is 0.396 e. The predicted molar refractivity (Wildman–Crippen MR) is 87.7 cm³/mol. The molecule has 1 aromatic carbocycles. The molecule has 7 nitrogen and oxygen atoms in total. The predicted octanol–water partition coefficient (Wildman–Crippen LogP) is 2.42. The molecule has 1 atom stereocenters. The first-order valence-corrected chi connectivity index (χ1v) is 7.97. The Bertz CT molecular complexity index is 582. The van der Waals surface area contributed by atoms with Gasteiger partial charge in [0.2, 0.25) is 5.91 Å². The van der Waals surface area contributed by atoms with Crippen LogP contribution in [-0.2, 0) is 4.79 Å². The van der Waals surface area contributed by atoms with Gasteiger partial charge in [-0.25, -0.2) is 0 Å². The molecule has 1 fully saturated rings. The van der Waals surface area contributed by atoms with Crippen LogP contribution in [0.2, 0.25) is 5.02 Å². The van der Waals surface area contributed by atoms with Gasteiger partial charge in [-0.3, -0.25) is 19.8 Å². The summed E-state index contributed by atoms with van der Waals surface area (Å²) < 4.78 is 0. The van der Waals surface area contributed by atoms with Crippen molar-refractivity contribution < 1.29 is 14.8 Å². The van der Waals surface area contributed by atoms with Crippen LogP contribution in [-0.4, -0.2) is 46.6 Å². The fourth-order valence-electron chi connectivity index (χ4n) is 2.87. The molecule has 1 amide bonds. The minimum Gasteiger partial charge on any atom is -0.396 e. The van der Waals surface area contributed by atoms with Crippen molar-refractivity contribution in [3.05, 3.63) is 33.3 Å². The highest BCUT2D eigenvalue weighted by atomic mass is 35.5. The highest BCUT2D eigenvalue weighted by molar-refractivity contribution is 6.32. The van der Waals surface area contributed by atoms with Crippen molar-refractivity contribution in [3.8, 4) is 0 Å². The molecule has 0 bridgehead atoms. The first-order chi connectivity index (χ1) is 11.0. The van der Waals surface area contributed by atoms with Crippen molar-refractivity contribution in [2.45, 2.75) is 31.7 Å². The van der Waals surface area contributed by atoms with Crippen molar-refractivity contribution in [1.29, 1.82) is 0 Å². The number of benzene rings is 1. The van der Waals surface area contributed by atoms with Gasteiger partial charge in [0.05, 0.1) is 11.5 Å². The highest BCUT2D eigenvalue weighted by Gasteiger charge is 2.25. The van der Waals surface area contributed by atoms with E-state index in [1.807, 2.05) is 0 Å². The molecule has 0 saturated carbocycles. The van der Waals surface area contributed by atoms with Crippen LogP contribution in [0.3, 0.4) is 0 Å². The van der Waals surface area contributed by atoms with E-state index in [9.17, 15) is 14.9 Å². The zero-order chi connectivity index (χ0) is 16.8. The number of carbonyl (C=O) groups is 1. The van der Waals surface area contributed by atoms with Crippen molar-refractivity contribution in [3.63, 3.8) is 0 Å². The fourth-order valence-corrected chi connectivity index (χ4v) is 3.06. The summed E-state index contributed by atoms with van der Waals surface area (Å²) in [4.78, 5) is 24.5. The van der Waals surface area contributed by atoms with Crippen LogP contribution in [0, 0.1) is 10.1 Å². The number of rotatable bonds is 7. The van der Waals surface area contributed by atoms with E-state index in [0.717, 1.165) is 32.2 Å². The lowest BCUT2D eigenvalue weighted by molar-refractivity contribution is -0.384. The molecule has 1 aromatic rings. The Kier molecular flexibility index (Phi) is 6.32. The topological polar surface area (TPSA) is 95.7 Å². The van der Waals surface area contributed by atoms with Gasteiger partial charge in [-0.05, 0) is 44.4 Å². The third-order valence-corrected chi connectivity index (χ3v) is 4.29. The van der Waals surface area contributed by atoms with Crippen molar-refractivity contribution >= 4 is 28.9 Å². The first-order valence-electron chi connectivity index (χ1n) is 7.60. The lowest BCUT2D eigenvalue weighted by atomic mass is 10.1. The van der Waals surface area contributed by atoms with Gasteiger partial charge in [0.25, 0.3) is 5.69 Å². The van der Waals surface area contributed by atoms with Crippen LogP contribution in [0.5, 0.6) is 0 Å². The molecule has 23 heavy (non-hydrogen) atoms. The van der Waals surface area contributed by atoms with Gasteiger partial charge in [0, 0.05) is 24.4 Å². The van der Waals surface area contributed by atoms with Crippen LogP contribution in [0.1, 0.15) is 25.7 Å². The average molecular weight is 342 g/mol. The Hall–Kier alpha value is -1.70. The molecule has 2 rings (SSSR count). The average Bonchev–Trinajstić information content (AvgIpc) is 2.93. The van der Waals surface area contributed by atoms with E-state index in [2.05, 4.69) is 10.2 Å². The van der Waals surface area contributed by atoms with Gasteiger partial charge >= 0.3 is 0 Å². The molecule has 1 aliphatic heterocycles. The summed E-state index contributed by atoms with van der Waals surface area (Å²) in [6.45, 7) is 1.25. The second-order valence-corrected chi connectivity index (χ2v) is 6.01. The van der Waals surface area contributed by atoms with E-state index in [1.165, 1.54) is 12.1 Å². The van der Waals surface area contributed by atoms with Crippen molar-refractivity contribution in [2.24, 2.45) is 0 Å². The van der Waals surface area contributed by atoms with E-state index >= 15 is 0 Å². The molecule has 2 N–H and O–H groups in total. The summed E-state index contributed by atoms with van der Waals surface area (Å²) in [5, 5.41) is 22.5. The van der Waals surface area contributed by atoms with E-state index in [1.54, 1.807) is 6.07 Å². The van der Waals surface area contributed by atoms with Gasteiger partial charge in [0.15, 0.2) is 0 Å². The van der Waals surface area contributed by atoms with Gasteiger partial charge in [-0.2, -0.15) is 0 Å². The van der Waals surface area contributed by atoms with E-state index < -0.39 is 4.92 Å². The quantitative estimate of drug-likeness (QED) is 0.586. The van der Waals surface area contributed by atoms with Gasteiger partial charge in [0.1, 0.15) is 5.02 Å². The number of likely N-dealkylation sites (tertiary alicyclic amines) is 1. The van der Waals surface area contributed by atoms with Crippen LogP contribution in [0.4, 0.5) is 11.4 Å². The van der Waals surface area contributed by atoms with Crippen LogP contribution < -0.4 is 5.32 Å². The number of halogens is 1. The summed E-state index contributed by atoms with van der Waals surface area (Å²) in [5.41, 5.74) is 0.128. The number of hydrogen-bond acceptors (Lipinski definition) is 5. The Labute approximate surface area is 139 Å². The summed E-state index contributed by atoms with van der Waals surface area (Å²) in [6, 6.07) is 4.51. The van der Waals surface area contributed by atoms with Crippen LogP contribution >= 0.6 is 11.6 Å². The lowest BCUT2D eigenvalue weighted by Crippen LogP contribution is -2.36. The van der Waals surface area contributed by atoms with Gasteiger partial charge in [-0.15, -0.1) is 0 Å². The van der Waals surface area contributed by atoms with Crippen LogP contribution in [0.15, 0.2) is 18.2 Å². The molecule has 1 saturated heterocycles. The summed E-state index contributed by atoms with van der Waals surface area (Å²) in [6.07, 6.45) is 3.66.